The van der Waals surface area contributed by atoms with E-state index in [-0.39, 0.29) is 12.3 Å². The van der Waals surface area contributed by atoms with E-state index in [1.165, 1.54) is 18.1 Å². The molecule has 0 spiro atoms. The number of aromatic nitrogens is 2. The summed E-state index contributed by atoms with van der Waals surface area (Å²) in [4.78, 5) is 33.9. The van der Waals surface area contributed by atoms with Gasteiger partial charge in [-0.1, -0.05) is 54.7 Å². The van der Waals surface area contributed by atoms with Crippen molar-refractivity contribution in [1.29, 1.82) is 0 Å². The summed E-state index contributed by atoms with van der Waals surface area (Å²) in [7, 11) is 0. The third-order valence-electron chi connectivity index (χ3n) is 5.50. The molecule has 7 nitrogen and oxygen atoms in total. The van der Waals surface area contributed by atoms with Gasteiger partial charge in [0.05, 0.1) is 4.91 Å². The van der Waals surface area contributed by atoms with Crippen molar-refractivity contribution >= 4 is 45.7 Å². The first kappa shape index (κ1) is 23.8. The van der Waals surface area contributed by atoms with Gasteiger partial charge in [-0.3, -0.25) is 14.5 Å². The summed E-state index contributed by atoms with van der Waals surface area (Å²) in [6, 6.07) is 11.7. The maximum absolute atomic E-state index is 13.0. The Kier molecular flexibility index (Phi) is 7.54. The van der Waals surface area contributed by atoms with E-state index < -0.39 is 5.97 Å². The smallest absolute Gasteiger partial charge is 0.303 e. The van der Waals surface area contributed by atoms with E-state index in [1.54, 1.807) is 17.3 Å². The fourth-order valence-electron chi connectivity index (χ4n) is 3.63. The number of hydrogen-bond acceptors (Lipinski definition) is 7. The van der Waals surface area contributed by atoms with Crippen molar-refractivity contribution in [2.45, 2.75) is 32.6 Å². The first-order chi connectivity index (χ1) is 16.4. The molecular formula is C25H23N3O4S2. The van der Waals surface area contributed by atoms with Crippen LogP contribution in [0.5, 0.6) is 0 Å². The number of hydrogen-bond donors (Lipinski definition) is 1. The predicted octanol–water partition coefficient (Wildman–Crippen LogP) is 5.64. The first-order valence-corrected chi connectivity index (χ1v) is 12.1. The van der Waals surface area contributed by atoms with Crippen LogP contribution < -0.4 is 0 Å². The lowest BCUT2D eigenvalue weighted by Gasteiger charge is -2.14. The highest BCUT2D eigenvalue weighted by Crippen LogP contribution is 2.38. The standard InChI is InChI=1S/C25H23N3O4S2/c1-16(23-24(31)28(25(33)34-23)12-4-2-3-5-22(29)30)20-10-11-21(32-20)18-8-6-17(7-9-18)19-13-26-15-27-14-19/h6-11,13-15H,2-5,12H2,1H3,(H,29,30)/b23-16+. The third kappa shape index (κ3) is 5.43. The molecule has 4 rings (SSSR count). The number of rotatable bonds is 9. The molecular weight excluding hydrogens is 470 g/mol. The number of carboxylic acid groups (broad SMARTS) is 1. The molecule has 0 unspecified atom stereocenters. The van der Waals surface area contributed by atoms with Gasteiger partial charge in [0.1, 0.15) is 22.2 Å². The van der Waals surface area contributed by atoms with E-state index in [2.05, 4.69) is 9.97 Å². The molecule has 1 amide bonds. The third-order valence-corrected chi connectivity index (χ3v) is 7.05. The van der Waals surface area contributed by atoms with Gasteiger partial charge in [0.15, 0.2) is 0 Å². The Labute approximate surface area is 206 Å². The largest absolute Gasteiger partial charge is 0.481 e. The molecule has 3 heterocycles. The minimum atomic E-state index is -0.802. The number of allylic oxidation sites excluding steroid dienone is 1. The Morgan fingerprint density at radius 3 is 2.44 bits per heavy atom. The van der Waals surface area contributed by atoms with Crippen molar-refractivity contribution in [3.05, 3.63) is 65.8 Å². The summed E-state index contributed by atoms with van der Waals surface area (Å²) in [5.74, 6) is 0.401. The van der Waals surface area contributed by atoms with Crippen LogP contribution >= 0.6 is 24.0 Å². The molecule has 0 aliphatic carbocycles. The minimum absolute atomic E-state index is 0.127. The van der Waals surface area contributed by atoms with E-state index in [9.17, 15) is 9.59 Å². The summed E-state index contributed by atoms with van der Waals surface area (Å²) in [6.07, 6.45) is 7.21. The van der Waals surface area contributed by atoms with E-state index in [1.807, 2.05) is 43.3 Å². The molecule has 1 fully saturated rings. The number of carboxylic acids is 1. The molecule has 0 saturated carbocycles. The molecule has 0 atom stereocenters. The number of nitrogens with zero attached hydrogens (tertiary/aromatic N) is 3. The number of thiocarbonyl (C=S) groups is 1. The van der Waals surface area contributed by atoms with Crippen LogP contribution in [0.15, 0.2) is 64.4 Å². The van der Waals surface area contributed by atoms with Crippen LogP contribution in [0.1, 0.15) is 38.4 Å². The Morgan fingerprint density at radius 1 is 1.03 bits per heavy atom. The fraction of sp³-hybridized carbons (Fsp3) is 0.240. The number of amides is 1. The van der Waals surface area contributed by atoms with E-state index >= 15 is 0 Å². The Hall–Kier alpha value is -3.30. The highest BCUT2D eigenvalue weighted by molar-refractivity contribution is 8.26. The quantitative estimate of drug-likeness (QED) is 0.232. The van der Waals surface area contributed by atoms with Crippen LogP contribution in [0.4, 0.5) is 0 Å². The number of aliphatic carboxylic acids is 1. The molecule has 1 aliphatic heterocycles. The Bertz CT molecular complexity index is 1240. The van der Waals surface area contributed by atoms with Crippen LogP contribution in [-0.2, 0) is 9.59 Å². The fourth-order valence-corrected chi connectivity index (χ4v) is 4.96. The topological polar surface area (TPSA) is 96.5 Å². The van der Waals surface area contributed by atoms with Crippen LogP contribution in [0.2, 0.25) is 0 Å². The molecule has 174 valence electrons. The summed E-state index contributed by atoms with van der Waals surface area (Å²) < 4.78 is 6.60. The molecule has 3 aromatic rings. The van der Waals surface area contributed by atoms with Crippen molar-refractivity contribution in [2.24, 2.45) is 0 Å². The monoisotopic (exact) mass is 493 g/mol. The second-order valence-corrected chi connectivity index (χ2v) is 9.50. The SMILES string of the molecule is C/C(=C1\SC(=S)N(CCCCCC(=O)O)C1=O)c1ccc(-c2ccc(-c3cncnc3)cc2)o1. The summed E-state index contributed by atoms with van der Waals surface area (Å²) >= 11 is 6.70. The lowest BCUT2D eigenvalue weighted by atomic mass is 10.1. The zero-order valence-corrected chi connectivity index (χ0v) is 20.2. The maximum Gasteiger partial charge on any atom is 0.303 e. The molecule has 1 N–H and O–H groups in total. The van der Waals surface area contributed by atoms with Crippen molar-refractivity contribution in [1.82, 2.24) is 14.9 Å². The van der Waals surface area contributed by atoms with E-state index in [0.717, 1.165) is 28.7 Å². The van der Waals surface area contributed by atoms with Crippen molar-refractivity contribution < 1.29 is 19.1 Å². The van der Waals surface area contributed by atoms with Crippen molar-refractivity contribution in [3.63, 3.8) is 0 Å². The van der Waals surface area contributed by atoms with Crippen molar-refractivity contribution in [3.8, 4) is 22.5 Å². The van der Waals surface area contributed by atoms with Gasteiger partial charge in [-0.05, 0) is 37.5 Å². The van der Waals surface area contributed by atoms with Crippen LogP contribution in [0, 0.1) is 0 Å². The van der Waals surface area contributed by atoms with E-state index in [4.69, 9.17) is 21.7 Å². The summed E-state index contributed by atoms with van der Waals surface area (Å²) in [5, 5.41) is 8.74. The number of furan rings is 1. The zero-order chi connectivity index (χ0) is 24.1. The highest BCUT2D eigenvalue weighted by Gasteiger charge is 2.33. The lowest BCUT2D eigenvalue weighted by molar-refractivity contribution is -0.137. The van der Waals surface area contributed by atoms with Gasteiger partial charge in [-0.15, -0.1) is 0 Å². The molecule has 9 heteroatoms. The summed E-state index contributed by atoms with van der Waals surface area (Å²) in [6.45, 7) is 2.35. The maximum atomic E-state index is 13.0. The molecule has 1 saturated heterocycles. The van der Waals surface area contributed by atoms with E-state index in [0.29, 0.717) is 40.1 Å². The van der Waals surface area contributed by atoms with Crippen LogP contribution in [-0.4, -0.2) is 42.7 Å². The van der Waals surface area contributed by atoms with Gasteiger partial charge >= 0.3 is 5.97 Å². The Morgan fingerprint density at radius 2 is 1.74 bits per heavy atom. The number of benzene rings is 1. The number of unbranched alkanes of at least 4 members (excludes halogenated alkanes) is 2. The molecule has 34 heavy (non-hydrogen) atoms. The van der Waals surface area contributed by atoms with Gasteiger partial charge in [-0.2, -0.15) is 0 Å². The van der Waals surface area contributed by atoms with Gasteiger partial charge in [0, 0.05) is 42.1 Å². The van der Waals surface area contributed by atoms with Gasteiger partial charge in [0.2, 0.25) is 0 Å². The first-order valence-electron chi connectivity index (χ1n) is 10.9. The lowest BCUT2D eigenvalue weighted by Crippen LogP contribution is -2.29. The second-order valence-electron chi connectivity index (χ2n) is 7.85. The van der Waals surface area contributed by atoms with Crippen molar-refractivity contribution in [2.75, 3.05) is 6.54 Å². The highest BCUT2D eigenvalue weighted by atomic mass is 32.2. The molecule has 1 aliphatic rings. The normalized spacial score (nSPS) is 15.1. The average Bonchev–Trinajstić information content (AvgIpc) is 3.44. The number of carbonyl (C=O) groups is 2. The average molecular weight is 494 g/mol. The van der Waals surface area contributed by atoms with Crippen LogP contribution in [0.25, 0.3) is 28.0 Å². The zero-order valence-electron chi connectivity index (χ0n) is 18.6. The Balaban J connectivity index is 1.44. The second kappa shape index (κ2) is 10.8. The minimum Gasteiger partial charge on any atom is -0.481 e. The van der Waals surface area contributed by atoms with Crippen LogP contribution in [0.3, 0.4) is 0 Å². The molecule has 0 radical (unpaired) electrons. The number of carbonyl (C=O) groups excluding carboxylic acids is 1. The molecule has 0 bridgehead atoms. The van der Waals surface area contributed by atoms with Gasteiger partial charge < -0.3 is 9.52 Å². The van der Waals surface area contributed by atoms with Gasteiger partial charge in [0.25, 0.3) is 5.91 Å². The molecule has 2 aromatic heterocycles. The summed E-state index contributed by atoms with van der Waals surface area (Å²) in [5.41, 5.74) is 3.62. The molecule has 1 aromatic carbocycles. The number of thioether (sulfide) groups is 1. The predicted molar refractivity (Wildman–Crippen MR) is 136 cm³/mol. The van der Waals surface area contributed by atoms with Gasteiger partial charge in [-0.25, -0.2) is 9.97 Å².